The van der Waals surface area contributed by atoms with Crippen molar-refractivity contribution in [3.8, 4) is 11.3 Å². The fourth-order valence-electron chi connectivity index (χ4n) is 1.96. The van der Waals surface area contributed by atoms with Crippen LogP contribution in [0.15, 0.2) is 41.4 Å². The number of cyclic esters (lactones) is 2. The molecule has 0 spiro atoms. The first-order chi connectivity index (χ1) is 10.9. The van der Waals surface area contributed by atoms with E-state index in [4.69, 9.17) is 9.47 Å². The van der Waals surface area contributed by atoms with Crippen molar-refractivity contribution in [3.63, 3.8) is 0 Å². The number of benzene rings is 1. The number of esters is 2. The Hall–Kier alpha value is -2.74. The second-order valence-corrected chi connectivity index (χ2v) is 5.86. The first-order valence-corrected chi connectivity index (χ1v) is 7.59. The van der Waals surface area contributed by atoms with Gasteiger partial charge in [0.25, 0.3) is 5.79 Å². The van der Waals surface area contributed by atoms with Crippen molar-refractivity contribution < 1.29 is 19.1 Å². The first kappa shape index (κ1) is 15.2. The minimum atomic E-state index is -1.24. The number of carbonyl (C=O) groups excluding carboxylic acids is 2. The van der Waals surface area contributed by atoms with Crippen molar-refractivity contribution in [1.29, 1.82) is 0 Å². The van der Waals surface area contributed by atoms with Crippen LogP contribution < -0.4 is 5.32 Å². The summed E-state index contributed by atoms with van der Waals surface area (Å²) in [6.45, 7) is 3.00. The Bertz CT molecular complexity index is 745. The van der Waals surface area contributed by atoms with Gasteiger partial charge in [-0.25, -0.2) is 9.59 Å². The van der Waals surface area contributed by atoms with E-state index < -0.39 is 17.7 Å². The summed E-state index contributed by atoms with van der Waals surface area (Å²) >= 11 is 1.28. The number of anilines is 1. The number of nitrogens with zero attached hydrogens (tertiary/aromatic N) is 2. The lowest BCUT2D eigenvalue weighted by Gasteiger charge is -2.29. The van der Waals surface area contributed by atoms with Crippen LogP contribution in [-0.4, -0.2) is 27.3 Å². The van der Waals surface area contributed by atoms with Gasteiger partial charge < -0.3 is 14.8 Å². The molecule has 0 atom stereocenters. The molecule has 1 aromatic carbocycles. The molecule has 7 nitrogen and oxygen atoms in total. The smallest absolute Gasteiger partial charge is 0.350 e. The zero-order valence-corrected chi connectivity index (χ0v) is 13.2. The van der Waals surface area contributed by atoms with Gasteiger partial charge in [-0.3, -0.25) is 0 Å². The zero-order valence-electron chi connectivity index (χ0n) is 12.4. The second-order valence-electron chi connectivity index (χ2n) is 5.25. The second kappa shape index (κ2) is 5.81. The van der Waals surface area contributed by atoms with Gasteiger partial charge >= 0.3 is 11.9 Å². The first-order valence-electron chi connectivity index (χ1n) is 6.75. The fourth-order valence-corrected chi connectivity index (χ4v) is 2.43. The van der Waals surface area contributed by atoms with E-state index in [2.05, 4.69) is 14.9 Å². The van der Waals surface area contributed by atoms with E-state index in [0.29, 0.717) is 5.69 Å². The molecule has 1 aliphatic rings. The highest BCUT2D eigenvalue weighted by Crippen LogP contribution is 2.23. The molecular weight excluding hydrogens is 318 g/mol. The van der Waals surface area contributed by atoms with Crippen molar-refractivity contribution >= 4 is 29.2 Å². The Kier molecular flexibility index (Phi) is 3.83. The summed E-state index contributed by atoms with van der Waals surface area (Å²) in [5, 5.41) is 8.71. The predicted molar refractivity (Wildman–Crippen MR) is 83.3 cm³/mol. The number of carbonyl (C=O) groups is 2. The molecule has 1 saturated heterocycles. The standard InChI is InChI=1S/C15H13N3O4S/c1-15(2)21-13(19)11(14(20)22-15)7-16-10-5-3-9(4-6-10)12-8-23-18-17-12/h3-8,16H,1-2H3. The summed E-state index contributed by atoms with van der Waals surface area (Å²) in [6, 6.07) is 7.32. The molecule has 0 saturated carbocycles. The number of hydrogen-bond acceptors (Lipinski definition) is 8. The van der Waals surface area contributed by atoms with Crippen LogP contribution in [0.3, 0.4) is 0 Å². The van der Waals surface area contributed by atoms with Crippen molar-refractivity contribution in [1.82, 2.24) is 9.59 Å². The lowest BCUT2D eigenvalue weighted by Crippen LogP contribution is -2.42. The van der Waals surface area contributed by atoms with E-state index in [1.807, 2.05) is 17.5 Å². The highest BCUT2D eigenvalue weighted by molar-refractivity contribution is 7.03. The molecule has 1 aliphatic heterocycles. The zero-order chi connectivity index (χ0) is 16.4. The summed E-state index contributed by atoms with van der Waals surface area (Å²) in [4.78, 5) is 23.6. The van der Waals surface area contributed by atoms with Gasteiger partial charge in [0.05, 0.1) is 0 Å². The summed E-state index contributed by atoms with van der Waals surface area (Å²) in [5.74, 6) is -2.68. The molecular formula is C15H13N3O4S. The number of ether oxygens (including phenoxy) is 2. The molecule has 0 unspecified atom stereocenters. The Balaban J connectivity index is 1.72. The molecule has 1 N–H and O–H groups in total. The Labute approximate surface area is 136 Å². The van der Waals surface area contributed by atoms with Crippen LogP contribution in [0, 0.1) is 0 Å². The highest BCUT2D eigenvalue weighted by Gasteiger charge is 2.38. The molecule has 1 fully saturated rings. The van der Waals surface area contributed by atoms with Crippen LogP contribution in [0.4, 0.5) is 5.69 Å². The molecule has 0 bridgehead atoms. The molecule has 3 rings (SSSR count). The van der Waals surface area contributed by atoms with E-state index in [1.54, 1.807) is 12.1 Å². The van der Waals surface area contributed by atoms with E-state index in [1.165, 1.54) is 31.6 Å². The maximum absolute atomic E-state index is 11.8. The van der Waals surface area contributed by atoms with Gasteiger partial charge in [0, 0.05) is 36.7 Å². The predicted octanol–water partition coefficient (Wildman–Crippen LogP) is 2.34. The summed E-state index contributed by atoms with van der Waals surface area (Å²) in [6.07, 6.45) is 1.28. The normalized spacial score (nSPS) is 16.5. The van der Waals surface area contributed by atoms with Gasteiger partial charge in [-0.05, 0) is 23.7 Å². The molecule has 2 heterocycles. The number of rotatable bonds is 3. The van der Waals surface area contributed by atoms with E-state index in [0.717, 1.165) is 11.3 Å². The maximum Gasteiger partial charge on any atom is 0.350 e. The fraction of sp³-hybridized carbons (Fsp3) is 0.200. The average molecular weight is 331 g/mol. The molecule has 118 valence electrons. The maximum atomic E-state index is 11.8. The minimum Gasteiger partial charge on any atom is -0.419 e. The number of aromatic nitrogens is 2. The SMILES string of the molecule is CC1(C)OC(=O)C(=CNc2ccc(-c3csnn3)cc2)C(=O)O1. The highest BCUT2D eigenvalue weighted by atomic mass is 32.1. The van der Waals surface area contributed by atoms with Gasteiger partial charge in [0.1, 0.15) is 5.69 Å². The van der Waals surface area contributed by atoms with Gasteiger partial charge in [0.15, 0.2) is 5.57 Å². The molecule has 8 heteroatoms. The molecule has 0 amide bonds. The Morgan fingerprint density at radius 3 is 2.35 bits per heavy atom. The van der Waals surface area contributed by atoms with Gasteiger partial charge in [-0.1, -0.05) is 16.6 Å². The molecule has 2 aromatic rings. The lowest BCUT2D eigenvalue weighted by atomic mass is 10.1. The van der Waals surface area contributed by atoms with E-state index in [-0.39, 0.29) is 5.57 Å². The van der Waals surface area contributed by atoms with Crippen LogP contribution in [0.2, 0.25) is 0 Å². The Morgan fingerprint density at radius 1 is 1.13 bits per heavy atom. The molecule has 1 aromatic heterocycles. The monoisotopic (exact) mass is 331 g/mol. The van der Waals surface area contributed by atoms with Gasteiger partial charge in [-0.15, -0.1) is 5.10 Å². The van der Waals surface area contributed by atoms with Crippen molar-refractivity contribution in [2.45, 2.75) is 19.6 Å². The van der Waals surface area contributed by atoms with Crippen LogP contribution in [0.25, 0.3) is 11.3 Å². The third-order valence-corrected chi connectivity index (χ3v) is 3.55. The summed E-state index contributed by atoms with van der Waals surface area (Å²) in [7, 11) is 0. The number of hydrogen-bond donors (Lipinski definition) is 1. The Morgan fingerprint density at radius 2 is 1.78 bits per heavy atom. The third kappa shape index (κ3) is 3.37. The van der Waals surface area contributed by atoms with Crippen LogP contribution >= 0.6 is 11.5 Å². The topological polar surface area (TPSA) is 90.4 Å². The van der Waals surface area contributed by atoms with Crippen LogP contribution in [0.1, 0.15) is 13.8 Å². The van der Waals surface area contributed by atoms with E-state index in [9.17, 15) is 9.59 Å². The van der Waals surface area contributed by atoms with Crippen molar-refractivity contribution in [2.24, 2.45) is 0 Å². The lowest BCUT2D eigenvalue weighted by molar-refractivity contribution is -0.222. The largest absolute Gasteiger partial charge is 0.419 e. The summed E-state index contributed by atoms with van der Waals surface area (Å²) in [5.41, 5.74) is 2.24. The quantitative estimate of drug-likeness (QED) is 0.524. The van der Waals surface area contributed by atoms with Gasteiger partial charge in [0.2, 0.25) is 0 Å². The summed E-state index contributed by atoms with van der Waals surface area (Å²) < 4.78 is 13.8. The minimum absolute atomic E-state index is 0.183. The van der Waals surface area contributed by atoms with E-state index >= 15 is 0 Å². The van der Waals surface area contributed by atoms with Crippen molar-refractivity contribution in [3.05, 3.63) is 41.4 Å². The van der Waals surface area contributed by atoms with Crippen LogP contribution in [-0.2, 0) is 19.1 Å². The average Bonchev–Trinajstić information content (AvgIpc) is 3.00. The molecule has 0 radical (unpaired) electrons. The van der Waals surface area contributed by atoms with Crippen LogP contribution in [0.5, 0.6) is 0 Å². The van der Waals surface area contributed by atoms with Crippen molar-refractivity contribution in [2.75, 3.05) is 5.32 Å². The molecule has 23 heavy (non-hydrogen) atoms. The number of nitrogens with one attached hydrogen (secondary N) is 1. The third-order valence-electron chi connectivity index (χ3n) is 3.04. The van der Waals surface area contributed by atoms with Gasteiger partial charge in [-0.2, -0.15) is 0 Å². The molecule has 0 aliphatic carbocycles.